The molecule has 1 unspecified atom stereocenters. The van der Waals surface area contributed by atoms with Crippen LogP contribution in [0.3, 0.4) is 0 Å². The molecule has 3 heteroatoms. The summed E-state index contributed by atoms with van der Waals surface area (Å²) < 4.78 is 1.99. The van der Waals surface area contributed by atoms with Crippen LogP contribution in [0.1, 0.15) is 58.1 Å². The van der Waals surface area contributed by atoms with Gasteiger partial charge in [0.1, 0.15) is 0 Å². The van der Waals surface area contributed by atoms with Crippen LogP contribution >= 0.6 is 0 Å². The molecule has 0 aliphatic carbocycles. The number of nitrogens with zero attached hydrogens (tertiary/aromatic N) is 2. The Hall–Kier alpha value is -0.830. The van der Waals surface area contributed by atoms with Gasteiger partial charge in [0, 0.05) is 25.0 Å². The molecule has 0 amide bonds. The molecule has 18 heavy (non-hydrogen) atoms. The van der Waals surface area contributed by atoms with Crippen molar-refractivity contribution in [1.82, 2.24) is 15.1 Å². The zero-order valence-electron chi connectivity index (χ0n) is 12.3. The van der Waals surface area contributed by atoms with Crippen molar-refractivity contribution in [3.63, 3.8) is 0 Å². The molecule has 3 nitrogen and oxygen atoms in total. The van der Waals surface area contributed by atoms with Gasteiger partial charge in [0.05, 0.1) is 0 Å². The SMILES string of the molecule is CCCCCCC(CCc1ccnn1C)NCC. The van der Waals surface area contributed by atoms with Crippen LogP contribution < -0.4 is 5.32 Å². The van der Waals surface area contributed by atoms with E-state index in [1.807, 2.05) is 17.9 Å². The third kappa shape index (κ3) is 5.67. The Morgan fingerprint density at radius 1 is 1.22 bits per heavy atom. The lowest BCUT2D eigenvalue weighted by Gasteiger charge is -2.17. The summed E-state index contributed by atoms with van der Waals surface area (Å²) in [5, 5.41) is 7.84. The largest absolute Gasteiger partial charge is 0.314 e. The van der Waals surface area contributed by atoms with Crippen molar-refractivity contribution in [3.05, 3.63) is 18.0 Å². The molecule has 0 radical (unpaired) electrons. The van der Waals surface area contributed by atoms with E-state index < -0.39 is 0 Å². The second-order valence-electron chi connectivity index (χ2n) is 5.09. The highest BCUT2D eigenvalue weighted by molar-refractivity contribution is 5.00. The molecule has 1 aromatic rings. The molecule has 0 fully saturated rings. The molecule has 1 heterocycles. The molecule has 1 atom stereocenters. The lowest BCUT2D eigenvalue weighted by atomic mass is 10.0. The van der Waals surface area contributed by atoms with Crippen molar-refractivity contribution < 1.29 is 0 Å². The number of rotatable bonds is 10. The summed E-state index contributed by atoms with van der Waals surface area (Å²) in [5.74, 6) is 0. The normalized spacial score (nSPS) is 12.8. The first kappa shape index (κ1) is 15.2. The van der Waals surface area contributed by atoms with Crippen molar-refractivity contribution in [2.45, 2.75) is 64.8 Å². The third-order valence-corrected chi connectivity index (χ3v) is 3.57. The van der Waals surface area contributed by atoms with E-state index in [0.717, 1.165) is 13.0 Å². The van der Waals surface area contributed by atoms with Crippen LogP contribution in [-0.4, -0.2) is 22.4 Å². The fourth-order valence-corrected chi connectivity index (χ4v) is 2.42. The van der Waals surface area contributed by atoms with Gasteiger partial charge in [-0.15, -0.1) is 0 Å². The monoisotopic (exact) mass is 251 g/mol. The van der Waals surface area contributed by atoms with Crippen molar-refractivity contribution in [3.8, 4) is 0 Å². The Morgan fingerprint density at radius 2 is 2.06 bits per heavy atom. The van der Waals surface area contributed by atoms with Gasteiger partial charge in [-0.3, -0.25) is 4.68 Å². The minimum absolute atomic E-state index is 0.668. The molecule has 104 valence electrons. The Balaban J connectivity index is 2.26. The van der Waals surface area contributed by atoms with Gasteiger partial charge < -0.3 is 5.32 Å². The van der Waals surface area contributed by atoms with Gasteiger partial charge in [-0.2, -0.15) is 5.10 Å². The van der Waals surface area contributed by atoms with E-state index in [1.165, 1.54) is 44.2 Å². The fraction of sp³-hybridized carbons (Fsp3) is 0.800. The molecule has 1 aromatic heterocycles. The number of nitrogens with one attached hydrogen (secondary N) is 1. The van der Waals surface area contributed by atoms with Gasteiger partial charge in [-0.05, 0) is 31.9 Å². The van der Waals surface area contributed by atoms with Crippen LogP contribution in [0.5, 0.6) is 0 Å². The number of aryl methyl sites for hydroxylation is 2. The Labute approximate surface area is 112 Å². The Bertz CT molecular complexity index is 306. The molecule has 1 rings (SSSR count). The maximum Gasteiger partial charge on any atom is 0.0492 e. The maximum absolute atomic E-state index is 4.22. The smallest absolute Gasteiger partial charge is 0.0492 e. The van der Waals surface area contributed by atoms with Crippen LogP contribution in [0.2, 0.25) is 0 Å². The standard InChI is InChI=1S/C15H29N3/c1-4-6-7-8-9-14(16-5-2)10-11-15-12-13-17-18(15)3/h12-14,16H,4-11H2,1-3H3. The number of aromatic nitrogens is 2. The zero-order chi connectivity index (χ0) is 13.2. The summed E-state index contributed by atoms with van der Waals surface area (Å²) in [7, 11) is 2.03. The van der Waals surface area contributed by atoms with E-state index in [9.17, 15) is 0 Å². The van der Waals surface area contributed by atoms with Crippen molar-refractivity contribution >= 4 is 0 Å². The van der Waals surface area contributed by atoms with E-state index in [4.69, 9.17) is 0 Å². The minimum Gasteiger partial charge on any atom is -0.314 e. The lowest BCUT2D eigenvalue weighted by molar-refractivity contribution is 0.437. The molecule has 1 N–H and O–H groups in total. The van der Waals surface area contributed by atoms with E-state index in [2.05, 4.69) is 30.3 Å². The van der Waals surface area contributed by atoms with E-state index >= 15 is 0 Å². The molecular weight excluding hydrogens is 222 g/mol. The average Bonchev–Trinajstić information content (AvgIpc) is 2.77. The number of hydrogen-bond acceptors (Lipinski definition) is 2. The summed E-state index contributed by atoms with van der Waals surface area (Å²) in [4.78, 5) is 0. The van der Waals surface area contributed by atoms with Crippen molar-refractivity contribution in [2.75, 3.05) is 6.54 Å². The molecule has 0 aliphatic heterocycles. The first-order valence-electron chi connectivity index (χ1n) is 7.48. The highest BCUT2D eigenvalue weighted by Gasteiger charge is 2.08. The zero-order valence-corrected chi connectivity index (χ0v) is 12.3. The predicted molar refractivity (Wildman–Crippen MR) is 77.8 cm³/mol. The Morgan fingerprint density at radius 3 is 2.67 bits per heavy atom. The first-order chi connectivity index (χ1) is 8.77. The van der Waals surface area contributed by atoms with Crippen molar-refractivity contribution in [1.29, 1.82) is 0 Å². The molecule has 0 bridgehead atoms. The second-order valence-corrected chi connectivity index (χ2v) is 5.09. The number of hydrogen-bond donors (Lipinski definition) is 1. The lowest BCUT2D eigenvalue weighted by Crippen LogP contribution is -2.29. The van der Waals surface area contributed by atoms with Crippen molar-refractivity contribution in [2.24, 2.45) is 7.05 Å². The minimum atomic E-state index is 0.668. The van der Waals surface area contributed by atoms with Crippen LogP contribution in [0.15, 0.2) is 12.3 Å². The van der Waals surface area contributed by atoms with Gasteiger partial charge in [-0.25, -0.2) is 0 Å². The van der Waals surface area contributed by atoms with E-state index in [1.54, 1.807) is 0 Å². The average molecular weight is 251 g/mol. The third-order valence-electron chi connectivity index (χ3n) is 3.57. The molecule has 0 saturated carbocycles. The highest BCUT2D eigenvalue weighted by atomic mass is 15.2. The maximum atomic E-state index is 4.22. The summed E-state index contributed by atoms with van der Waals surface area (Å²) in [6, 6.07) is 2.79. The van der Waals surface area contributed by atoms with Gasteiger partial charge in [0.15, 0.2) is 0 Å². The molecule has 0 aromatic carbocycles. The molecule has 0 spiro atoms. The van der Waals surface area contributed by atoms with Gasteiger partial charge in [0.25, 0.3) is 0 Å². The van der Waals surface area contributed by atoms with Crippen LogP contribution in [-0.2, 0) is 13.5 Å². The first-order valence-corrected chi connectivity index (χ1v) is 7.48. The highest BCUT2D eigenvalue weighted by Crippen LogP contribution is 2.11. The Kier molecular flexibility index (Phi) is 7.74. The van der Waals surface area contributed by atoms with Crippen LogP contribution in [0, 0.1) is 0 Å². The summed E-state index contributed by atoms with van der Waals surface area (Å²) >= 11 is 0. The van der Waals surface area contributed by atoms with E-state index in [0.29, 0.717) is 6.04 Å². The summed E-state index contributed by atoms with van der Waals surface area (Å²) in [6.07, 6.45) is 11.0. The molecular formula is C15H29N3. The number of unbranched alkanes of at least 4 members (excludes halogenated alkanes) is 3. The predicted octanol–water partition coefficient (Wildman–Crippen LogP) is 3.30. The second kappa shape index (κ2) is 9.15. The van der Waals surface area contributed by atoms with Gasteiger partial charge in [-0.1, -0.05) is 39.5 Å². The van der Waals surface area contributed by atoms with E-state index in [-0.39, 0.29) is 0 Å². The van der Waals surface area contributed by atoms with Gasteiger partial charge >= 0.3 is 0 Å². The molecule has 0 aliphatic rings. The fourth-order valence-electron chi connectivity index (χ4n) is 2.42. The van der Waals surface area contributed by atoms with Crippen LogP contribution in [0.4, 0.5) is 0 Å². The summed E-state index contributed by atoms with van der Waals surface area (Å²) in [6.45, 7) is 5.54. The van der Waals surface area contributed by atoms with Gasteiger partial charge in [0.2, 0.25) is 0 Å². The molecule has 0 saturated heterocycles. The topological polar surface area (TPSA) is 29.9 Å². The van der Waals surface area contributed by atoms with Crippen LogP contribution in [0.25, 0.3) is 0 Å². The quantitative estimate of drug-likeness (QED) is 0.647. The summed E-state index contributed by atoms with van der Waals surface area (Å²) in [5.41, 5.74) is 1.34.